The number of aryl methyl sites for hydroxylation is 1. The molecule has 0 saturated heterocycles. The van der Waals surface area contributed by atoms with E-state index in [0.717, 1.165) is 17.4 Å². The normalized spacial score (nSPS) is 11.5. The lowest BCUT2D eigenvalue weighted by Gasteiger charge is -2.14. The van der Waals surface area contributed by atoms with Gasteiger partial charge in [0.2, 0.25) is 0 Å². The van der Waals surface area contributed by atoms with Gasteiger partial charge in [0.25, 0.3) is 10.1 Å². The van der Waals surface area contributed by atoms with Crippen molar-refractivity contribution in [1.29, 1.82) is 0 Å². The van der Waals surface area contributed by atoms with Crippen LogP contribution < -0.4 is 4.74 Å². The Balaban J connectivity index is 1.65. The molecule has 0 saturated carbocycles. The molecule has 0 amide bonds. The molecule has 0 bridgehead atoms. The Kier molecular flexibility index (Phi) is 20.3. The van der Waals surface area contributed by atoms with E-state index < -0.39 is 16.1 Å². The summed E-state index contributed by atoms with van der Waals surface area (Å²) in [6.45, 7) is 5.51. The second kappa shape index (κ2) is 23.7. The number of esters is 1. The Morgan fingerprint density at radius 3 is 1.75 bits per heavy atom. The number of carbonyl (C=O) groups excluding carboxylic acids is 1. The summed E-state index contributed by atoms with van der Waals surface area (Å²) in [5.74, 6) is -0.143. The van der Waals surface area contributed by atoms with Gasteiger partial charge in [0.1, 0.15) is 24.5 Å². The van der Waals surface area contributed by atoms with Gasteiger partial charge in [0.15, 0.2) is 0 Å². The first-order valence-electron chi connectivity index (χ1n) is 14.6. The van der Waals surface area contributed by atoms with E-state index in [0.29, 0.717) is 90.2 Å². The standard InChI is InChI=1S/C31H46O12S/c1-35-13-14-36-15-16-37-17-18-38-19-20-39-21-22-40-23-24-41-30-25-27(9-6-12-43-44(2,33)34)10-11-29(30)31(32)42-26-28-7-4-3-5-8-28/h3-5,7-8,10-11,25H,6,9,12-24,26H2,1-2H3. The second-order valence-electron chi connectivity index (χ2n) is 9.43. The van der Waals surface area contributed by atoms with Crippen molar-refractivity contribution in [2.24, 2.45) is 0 Å². The molecular weight excluding hydrogens is 596 g/mol. The summed E-state index contributed by atoms with van der Waals surface area (Å²) < 4.78 is 70.7. The molecule has 0 N–H and O–H groups in total. The van der Waals surface area contributed by atoms with E-state index in [4.69, 9.17) is 42.1 Å². The third-order valence-corrected chi connectivity index (χ3v) is 6.39. The molecule has 0 aliphatic rings. The van der Waals surface area contributed by atoms with E-state index in [1.807, 2.05) is 30.3 Å². The number of rotatable bonds is 27. The number of benzene rings is 2. The zero-order valence-electron chi connectivity index (χ0n) is 25.7. The van der Waals surface area contributed by atoms with Crippen LogP contribution >= 0.6 is 0 Å². The van der Waals surface area contributed by atoms with Crippen molar-refractivity contribution in [2.75, 3.05) is 99.3 Å². The summed E-state index contributed by atoms with van der Waals surface area (Å²) >= 11 is 0. The average molecular weight is 643 g/mol. The zero-order chi connectivity index (χ0) is 31.7. The monoisotopic (exact) mass is 642 g/mol. The fraction of sp³-hybridized carbons (Fsp3) is 0.581. The molecule has 0 aromatic heterocycles. The lowest BCUT2D eigenvalue weighted by Crippen LogP contribution is -2.15. The molecule has 13 heteroatoms. The lowest BCUT2D eigenvalue weighted by molar-refractivity contribution is -0.0159. The van der Waals surface area contributed by atoms with Crippen molar-refractivity contribution in [3.8, 4) is 5.75 Å². The summed E-state index contributed by atoms with van der Waals surface area (Å²) in [4.78, 5) is 12.9. The molecule has 2 aromatic carbocycles. The molecule has 0 radical (unpaired) electrons. The fourth-order valence-corrected chi connectivity index (χ4v) is 4.05. The summed E-state index contributed by atoms with van der Waals surface area (Å²) in [5, 5.41) is 0. The largest absolute Gasteiger partial charge is 0.490 e. The highest BCUT2D eigenvalue weighted by molar-refractivity contribution is 7.85. The van der Waals surface area contributed by atoms with Crippen molar-refractivity contribution in [1.82, 2.24) is 0 Å². The smallest absolute Gasteiger partial charge is 0.342 e. The molecule has 0 fully saturated rings. The highest BCUT2D eigenvalue weighted by Crippen LogP contribution is 2.23. The zero-order valence-corrected chi connectivity index (χ0v) is 26.6. The molecule has 44 heavy (non-hydrogen) atoms. The van der Waals surface area contributed by atoms with Gasteiger partial charge in [-0.25, -0.2) is 4.79 Å². The molecule has 2 aromatic rings. The summed E-state index contributed by atoms with van der Waals surface area (Å²) in [5.41, 5.74) is 2.03. The van der Waals surface area contributed by atoms with Crippen molar-refractivity contribution < 1.29 is 55.3 Å². The molecule has 248 valence electrons. The first kappa shape index (κ1) is 37.6. The summed E-state index contributed by atoms with van der Waals surface area (Å²) in [6.07, 6.45) is 2.04. The Labute approximate surface area is 260 Å². The van der Waals surface area contributed by atoms with Crippen LogP contribution in [0.25, 0.3) is 0 Å². The summed E-state index contributed by atoms with van der Waals surface area (Å²) in [7, 11) is -1.86. The minimum atomic E-state index is -3.49. The molecule has 2 rings (SSSR count). The lowest BCUT2D eigenvalue weighted by atomic mass is 10.1. The number of carbonyl (C=O) groups is 1. The van der Waals surface area contributed by atoms with Gasteiger partial charge in [-0.05, 0) is 36.1 Å². The van der Waals surface area contributed by atoms with Gasteiger partial charge in [0, 0.05) is 7.11 Å². The van der Waals surface area contributed by atoms with Crippen molar-refractivity contribution >= 4 is 16.1 Å². The van der Waals surface area contributed by atoms with E-state index in [9.17, 15) is 13.2 Å². The van der Waals surface area contributed by atoms with Gasteiger partial charge in [0.05, 0.1) is 85.5 Å². The van der Waals surface area contributed by atoms with Crippen LogP contribution in [0.1, 0.15) is 27.9 Å². The highest BCUT2D eigenvalue weighted by Gasteiger charge is 2.16. The van der Waals surface area contributed by atoms with Crippen molar-refractivity contribution in [3.05, 3.63) is 65.2 Å². The predicted octanol–water partition coefficient (Wildman–Crippen LogP) is 3.06. The maximum Gasteiger partial charge on any atom is 0.342 e. The van der Waals surface area contributed by atoms with E-state index in [1.54, 1.807) is 25.3 Å². The molecule has 0 heterocycles. The molecule has 12 nitrogen and oxygen atoms in total. The Morgan fingerprint density at radius 2 is 1.20 bits per heavy atom. The minimum absolute atomic E-state index is 0.0677. The number of hydrogen-bond acceptors (Lipinski definition) is 12. The van der Waals surface area contributed by atoms with Gasteiger partial charge in [-0.2, -0.15) is 8.42 Å². The molecule has 0 aliphatic heterocycles. The highest BCUT2D eigenvalue weighted by atomic mass is 32.2. The van der Waals surface area contributed by atoms with E-state index in [1.165, 1.54) is 0 Å². The molecule has 0 aliphatic carbocycles. The van der Waals surface area contributed by atoms with Crippen LogP contribution in [0.5, 0.6) is 5.75 Å². The van der Waals surface area contributed by atoms with Crippen molar-refractivity contribution in [3.63, 3.8) is 0 Å². The van der Waals surface area contributed by atoms with Crippen LogP contribution in [0.4, 0.5) is 0 Å². The van der Waals surface area contributed by atoms with Crippen LogP contribution in [-0.4, -0.2) is 114 Å². The molecular formula is C31H46O12S. The fourth-order valence-electron chi connectivity index (χ4n) is 3.63. The average Bonchev–Trinajstić information content (AvgIpc) is 3.01. The maximum atomic E-state index is 12.9. The first-order valence-corrected chi connectivity index (χ1v) is 16.4. The van der Waals surface area contributed by atoms with E-state index in [-0.39, 0.29) is 26.4 Å². The predicted molar refractivity (Wildman–Crippen MR) is 163 cm³/mol. The van der Waals surface area contributed by atoms with Crippen LogP contribution in [0.2, 0.25) is 0 Å². The third-order valence-electron chi connectivity index (χ3n) is 5.79. The number of ether oxygens (including phenoxy) is 8. The van der Waals surface area contributed by atoms with Crippen LogP contribution in [0, 0.1) is 0 Å². The topological polar surface area (TPSA) is 134 Å². The molecule has 0 atom stereocenters. The number of methoxy groups -OCH3 is 1. The maximum absolute atomic E-state index is 12.9. The van der Waals surface area contributed by atoms with E-state index >= 15 is 0 Å². The Morgan fingerprint density at radius 1 is 0.659 bits per heavy atom. The quantitative estimate of drug-likeness (QED) is 0.0806. The van der Waals surface area contributed by atoms with Gasteiger partial charge >= 0.3 is 5.97 Å². The number of hydrogen-bond donors (Lipinski definition) is 0. The Bertz CT molecular complexity index is 1130. The van der Waals surface area contributed by atoms with Crippen molar-refractivity contribution in [2.45, 2.75) is 19.4 Å². The third kappa shape index (κ3) is 18.9. The summed E-state index contributed by atoms with van der Waals surface area (Å²) in [6, 6.07) is 14.6. The molecule has 0 spiro atoms. The van der Waals surface area contributed by atoms with Crippen LogP contribution in [-0.2, 0) is 60.5 Å². The van der Waals surface area contributed by atoms with E-state index in [2.05, 4.69) is 0 Å². The van der Waals surface area contributed by atoms with Crippen LogP contribution in [0.3, 0.4) is 0 Å². The SMILES string of the molecule is COCCOCCOCCOCCOCCOCCOc1cc(CCCOS(C)(=O)=O)ccc1C(=O)OCc1ccccc1. The first-order chi connectivity index (χ1) is 21.4. The second-order valence-corrected chi connectivity index (χ2v) is 11.1. The van der Waals surface area contributed by atoms with Gasteiger partial charge < -0.3 is 37.9 Å². The van der Waals surface area contributed by atoms with Gasteiger partial charge in [-0.15, -0.1) is 0 Å². The van der Waals surface area contributed by atoms with Gasteiger partial charge in [-0.3, -0.25) is 4.18 Å². The Hall–Kier alpha value is -2.62. The minimum Gasteiger partial charge on any atom is -0.490 e. The van der Waals surface area contributed by atoms with Crippen LogP contribution in [0.15, 0.2) is 48.5 Å². The van der Waals surface area contributed by atoms with Gasteiger partial charge in [-0.1, -0.05) is 36.4 Å². The molecule has 0 unspecified atom stereocenters.